The first-order valence-corrected chi connectivity index (χ1v) is 10.5. The number of rotatable bonds is 7. The number of nitrogens with zero attached hydrogens (tertiary/aromatic N) is 1. The van der Waals surface area contributed by atoms with Gasteiger partial charge in [-0.05, 0) is 5.56 Å². The summed E-state index contributed by atoms with van der Waals surface area (Å²) < 4.78 is 14.3. The van der Waals surface area contributed by atoms with Crippen molar-refractivity contribution < 1.29 is 19.7 Å². The van der Waals surface area contributed by atoms with Gasteiger partial charge < -0.3 is 14.9 Å². The summed E-state index contributed by atoms with van der Waals surface area (Å²) in [6.07, 6.45) is -0.170. The van der Waals surface area contributed by atoms with Crippen molar-refractivity contribution in [3.8, 4) is 0 Å². The fourth-order valence-corrected chi connectivity index (χ4v) is 6.20. The second kappa shape index (κ2) is 8.68. The molecule has 5 nitrogen and oxygen atoms in total. The molecule has 0 saturated carbocycles. The summed E-state index contributed by atoms with van der Waals surface area (Å²) in [5, 5.41) is 23.8. The van der Waals surface area contributed by atoms with Crippen LogP contribution in [0.15, 0.2) is 96.2 Å². The van der Waals surface area contributed by atoms with Crippen LogP contribution >= 0.6 is 7.14 Å². The van der Waals surface area contributed by atoms with Gasteiger partial charge in [-0.2, -0.15) is 0 Å². The molecule has 0 radical (unpaired) electrons. The SMILES string of the molecule is O=C(O)C(C/C(=N/O)c1ccccc1)P(=O)(c1ccccc1)c1ccccc1. The fourth-order valence-electron chi connectivity index (χ4n) is 3.21. The minimum atomic E-state index is -3.57. The standard InChI is InChI=1S/C22H20NO4P/c24-22(25)21(16-20(23-26)17-10-4-1-5-11-17)28(27,18-12-6-2-7-13-18)19-14-8-3-9-15-19/h1-15,21,26H,16H2,(H,24,25)/b23-20-. The molecular formula is C22H20NO4P. The van der Waals surface area contributed by atoms with Crippen LogP contribution in [0, 0.1) is 0 Å². The van der Waals surface area contributed by atoms with Crippen LogP contribution < -0.4 is 10.6 Å². The van der Waals surface area contributed by atoms with E-state index in [-0.39, 0.29) is 12.1 Å². The highest BCUT2D eigenvalue weighted by atomic mass is 31.2. The first-order chi connectivity index (χ1) is 13.6. The van der Waals surface area contributed by atoms with Crippen molar-refractivity contribution >= 4 is 29.4 Å². The monoisotopic (exact) mass is 393 g/mol. The van der Waals surface area contributed by atoms with E-state index in [2.05, 4.69) is 5.16 Å². The van der Waals surface area contributed by atoms with Crippen molar-refractivity contribution in [1.29, 1.82) is 0 Å². The smallest absolute Gasteiger partial charge is 0.315 e. The van der Waals surface area contributed by atoms with Gasteiger partial charge in [-0.3, -0.25) is 4.79 Å². The van der Waals surface area contributed by atoms with Crippen molar-refractivity contribution in [3.05, 3.63) is 96.6 Å². The van der Waals surface area contributed by atoms with Crippen LogP contribution in [0.5, 0.6) is 0 Å². The van der Waals surface area contributed by atoms with Crippen LogP contribution in [0.3, 0.4) is 0 Å². The third-order valence-corrected chi connectivity index (χ3v) is 8.03. The first-order valence-electron chi connectivity index (χ1n) is 8.77. The Bertz CT molecular complexity index is 961. The average molecular weight is 393 g/mol. The molecule has 0 fully saturated rings. The number of carboxylic acid groups (broad SMARTS) is 1. The molecule has 0 spiro atoms. The number of hydrogen-bond acceptors (Lipinski definition) is 4. The number of carboxylic acids is 1. The van der Waals surface area contributed by atoms with Crippen LogP contribution in [0.1, 0.15) is 12.0 Å². The molecule has 0 aliphatic rings. The third kappa shape index (κ3) is 3.90. The molecule has 142 valence electrons. The summed E-state index contributed by atoms with van der Waals surface area (Å²) in [6.45, 7) is 0. The van der Waals surface area contributed by atoms with Gasteiger partial charge in [0.25, 0.3) is 0 Å². The van der Waals surface area contributed by atoms with E-state index in [9.17, 15) is 19.7 Å². The summed E-state index contributed by atoms with van der Waals surface area (Å²) in [4.78, 5) is 12.3. The molecule has 3 aromatic carbocycles. The van der Waals surface area contributed by atoms with E-state index in [1.807, 2.05) is 6.07 Å². The zero-order valence-corrected chi connectivity index (χ0v) is 15.9. The van der Waals surface area contributed by atoms with Crippen molar-refractivity contribution in [1.82, 2.24) is 0 Å². The van der Waals surface area contributed by atoms with Crippen molar-refractivity contribution in [2.75, 3.05) is 0 Å². The van der Waals surface area contributed by atoms with Crippen LogP contribution in [0.2, 0.25) is 0 Å². The van der Waals surface area contributed by atoms with E-state index in [1.165, 1.54) is 0 Å². The molecule has 0 amide bonds. The highest BCUT2D eigenvalue weighted by Crippen LogP contribution is 2.50. The molecule has 3 rings (SSSR count). The Morgan fingerprint density at radius 1 is 0.821 bits per heavy atom. The van der Waals surface area contributed by atoms with Crippen molar-refractivity contribution in [2.45, 2.75) is 12.1 Å². The van der Waals surface area contributed by atoms with Gasteiger partial charge in [0.1, 0.15) is 5.66 Å². The molecular weight excluding hydrogens is 373 g/mol. The molecule has 6 heteroatoms. The lowest BCUT2D eigenvalue weighted by atomic mass is 10.1. The molecule has 1 unspecified atom stereocenters. The van der Waals surface area contributed by atoms with E-state index in [4.69, 9.17) is 0 Å². The van der Waals surface area contributed by atoms with Gasteiger partial charge in [-0.25, -0.2) is 0 Å². The molecule has 1 atom stereocenters. The Labute approximate surface area is 163 Å². The summed E-state index contributed by atoms with van der Waals surface area (Å²) in [5.41, 5.74) is -0.507. The number of oxime groups is 1. The maximum absolute atomic E-state index is 14.3. The number of carbonyl (C=O) groups is 1. The molecule has 2 N–H and O–H groups in total. The van der Waals surface area contributed by atoms with Gasteiger partial charge in [-0.1, -0.05) is 96.2 Å². The summed E-state index contributed by atoms with van der Waals surface area (Å²) in [7, 11) is -3.57. The predicted octanol–water partition coefficient (Wildman–Crippen LogP) is 3.72. The second-order valence-corrected chi connectivity index (χ2v) is 9.27. The maximum Gasteiger partial charge on any atom is 0.315 e. The molecule has 0 saturated heterocycles. The topological polar surface area (TPSA) is 87.0 Å². The number of hydrogen-bond donors (Lipinski definition) is 2. The zero-order chi connectivity index (χ0) is 20.0. The van der Waals surface area contributed by atoms with Gasteiger partial charge in [0.2, 0.25) is 0 Å². The Kier molecular flexibility index (Phi) is 6.07. The Hall–Kier alpha value is -3.17. The van der Waals surface area contributed by atoms with Gasteiger partial charge in [0.05, 0.1) is 5.71 Å². The van der Waals surface area contributed by atoms with Crippen LogP contribution in [-0.4, -0.2) is 27.7 Å². The quantitative estimate of drug-likeness (QED) is 0.277. The lowest BCUT2D eigenvalue weighted by Crippen LogP contribution is -2.33. The molecule has 0 aliphatic carbocycles. The summed E-state index contributed by atoms with van der Waals surface area (Å²) in [6, 6.07) is 26.1. The third-order valence-electron chi connectivity index (χ3n) is 4.62. The van der Waals surface area contributed by atoms with Crippen molar-refractivity contribution in [3.63, 3.8) is 0 Å². The molecule has 0 aliphatic heterocycles. The van der Waals surface area contributed by atoms with Gasteiger partial charge in [0, 0.05) is 17.0 Å². The highest BCUT2D eigenvalue weighted by molar-refractivity contribution is 7.80. The molecule has 3 aromatic rings. The van der Waals surface area contributed by atoms with E-state index in [1.54, 1.807) is 84.9 Å². The molecule has 0 aromatic heterocycles. The average Bonchev–Trinajstić information content (AvgIpc) is 2.75. The van der Waals surface area contributed by atoms with E-state index < -0.39 is 18.8 Å². The fraction of sp³-hybridized carbons (Fsp3) is 0.0909. The summed E-state index contributed by atoms with van der Waals surface area (Å²) >= 11 is 0. The van der Waals surface area contributed by atoms with Gasteiger partial charge >= 0.3 is 5.97 Å². The molecule has 28 heavy (non-hydrogen) atoms. The first kappa shape index (κ1) is 19.6. The lowest BCUT2D eigenvalue weighted by Gasteiger charge is -2.26. The Morgan fingerprint density at radius 2 is 1.25 bits per heavy atom. The van der Waals surface area contributed by atoms with Crippen LogP contribution in [-0.2, 0) is 9.36 Å². The predicted molar refractivity (Wildman–Crippen MR) is 111 cm³/mol. The highest BCUT2D eigenvalue weighted by Gasteiger charge is 2.42. The molecule has 0 heterocycles. The number of aliphatic carboxylic acids is 1. The zero-order valence-electron chi connectivity index (χ0n) is 15.1. The Balaban J connectivity index is 2.13. The lowest BCUT2D eigenvalue weighted by molar-refractivity contribution is -0.136. The van der Waals surface area contributed by atoms with Crippen LogP contribution in [0.25, 0.3) is 0 Å². The minimum Gasteiger partial charge on any atom is -0.481 e. The second-order valence-electron chi connectivity index (χ2n) is 6.30. The van der Waals surface area contributed by atoms with Gasteiger partial charge in [-0.15, -0.1) is 0 Å². The van der Waals surface area contributed by atoms with E-state index in [0.29, 0.717) is 16.2 Å². The largest absolute Gasteiger partial charge is 0.481 e. The van der Waals surface area contributed by atoms with Crippen LogP contribution in [0.4, 0.5) is 0 Å². The maximum atomic E-state index is 14.3. The van der Waals surface area contributed by atoms with E-state index in [0.717, 1.165) is 0 Å². The normalized spacial score (nSPS) is 13.1. The van der Waals surface area contributed by atoms with E-state index >= 15 is 0 Å². The summed E-state index contributed by atoms with van der Waals surface area (Å²) in [5.74, 6) is -1.20. The minimum absolute atomic E-state index is 0.170. The Morgan fingerprint density at radius 3 is 1.64 bits per heavy atom. The molecule has 0 bridgehead atoms. The van der Waals surface area contributed by atoms with Crippen molar-refractivity contribution in [2.24, 2.45) is 5.16 Å². The number of benzene rings is 3. The van der Waals surface area contributed by atoms with Gasteiger partial charge in [0.15, 0.2) is 7.14 Å².